The summed E-state index contributed by atoms with van der Waals surface area (Å²) in [7, 11) is 0. The minimum Gasteiger partial charge on any atom is -0.350 e. The Bertz CT molecular complexity index is 1110. The molecule has 3 nitrogen and oxygen atoms in total. The third kappa shape index (κ3) is 2.32. The zero-order valence-electron chi connectivity index (χ0n) is 14.2. The van der Waals surface area contributed by atoms with Crippen LogP contribution in [0.25, 0.3) is 22.0 Å². The summed E-state index contributed by atoms with van der Waals surface area (Å²) >= 11 is 0. The van der Waals surface area contributed by atoms with Gasteiger partial charge >= 0.3 is 0 Å². The molecule has 0 bridgehead atoms. The highest BCUT2D eigenvalue weighted by Gasteiger charge is 2.29. The molecular weight excluding hydrogens is 320 g/mol. The van der Waals surface area contributed by atoms with Crippen LogP contribution in [0.15, 0.2) is 78.9 Å². The van der Waals surface area contributed by atoms with Gasteiger partial charge in [-0.05, 0) is 29.2 Å². The number of amides is 1. The van der Waals surface area contributed by atoms with Crippen LogP contribution in [0.1, 0.15) is 27.7 Å². The fourth-order valence-corrected chi connectivity index (χ4v) is 3.94. The van der Waals surface area contributed by atoms with Crippen molar-refractivity contribution in [2.75, 3.05) is 0 Å². The lowest BCUT2D eigenvalue weighted by Gasteiger charge is -2.19. The SMILES string of the molecule is O=C1N[C@H](Cc2ccccc2)c2ccccc2-c2c1[nH]c1ccccc21. The van der Waals surface area contributed by atoms with Crippen LogP contribution in [0, 0.1) is 0 Å². The average molecular weight is 338 g/mol. The number of rotatable bonds is 2. The summed E-state index contributed by atoms with van der Waals surface area (Å²) in [6.45, 7) is 0. The van der Waals surface area contributed by atoms with E-state index < -0.39 is 0 Å². The van der Waals surface area contributed by atoms with Crippen molar-refractivity contribution in [1.82, 2.24) is 10.3 Å². The average Bonchev–Trinajstić information content (AvgIpc) is 3.03. The van der Waals surface area contributed by atoms with Gasteiger partial charge in [-0.25, -0.2) is 0 Å². The number of nitrogens with one attached hydrogen (secondary N) is 2. The zero-order chi connectivity index (χ0) is 17.5. The molecule has 0 spiro atoms. The lowest BCUT2D eigenvalue weighted by molar-refractivity contribution is 0.0934. The Labute approximate surface area is 151 Å². The Kier molecular flexibility index (Phi) is 3.39. The van der Waals surface area contributed by atoms with Gasteiger partial charge in [-0.2, -0.15) is 0 Å². The van der Waals surface area contributed by atoms with Gasteiger partial charge in [0.2, 0.25) is 0 Å². The van der Waals surface area contributed by atoms with Crippen LogP contribution >= 0.6 is 0 Å². The molecule has 4 aromatic rings. The van der Waals surface area contributed by atoms with Crippen LogP contribution in [-0.4, -0.2) is 10.9 Å². The van der Waals surface area contributed by atoms with E-state index in [1.165, 1.54) is 5.56 Å². The van der Waals surface area contributed by atoms with Crippen LogP contribution in [0.3, 0.4) is 0 Å². The van der Waals surface area contributed by atoms with Crippen LogP contribution in [0.5, 0.6) is 0 Å². The summed E-state index contributed by atoms with van der Waals surface area (Å²) in [6, 6.07) is 26.7. The standard InChI is InChI=1S/C23H18N2O/c26-23-22-21(18-12-6-7-13-19(18)24-22)17-11-5-4-10-16(17)20(25-23)14-15-8-2-1-3-9-15/h1-13,20,24H,14H2,(H,25,26)/t20-/m1/s1. The monoisotopic (exact) mass is 338 g/mol. The van der Waals surface area contributed by atoms with E-state index in [4.69, 9.17) is 0 Å². The first kappa shape index (κ1) is 15.0. The summed E-state index contributed by atoms with van der Waals surface area (Å²) < 4.78 is 0. The summed E-state index contributed by atoms with van der Waals surface area (Å²) in [4.78, 5) is 16.3. The van der Waals surface area contributed by atoms with E-state index >= 15 is 0 Å². The molecule has 2 heterocycles. The maximum absolute atomic E-state index is 13.0. The first-order valence-electron chi connectivity index (χ1n) is 8.86. The lowest BCUT2D eigenvalue weighted by atomic mass is 9.91. The van der Waals surface area contributed by atoms with E-state index in [0.717, 1.165) is 34.0 Å². The smallest absolute Gasteiger partial charge is 0.268 e. The van der Waals surface area contributed by atoms with Crippen molar-refractivity contribution in [1.29, 1.82) is 0 Å². The quantitative estimate of drug-likeness (QED) is 0.538. The van der Waals surface area contributed by atoms with Gasteiger partial charge in [-0.1, -0.05) is 72.8 Å². The summed E-state index contributed by atoms with van der Waals surface area (Å²) in [5.74, 6) is -0.0478. The number of carbonyl (C=O) groups excluding carboxylic acids is 1. The van der Waals surface area contributed by atoms with Crippen LogP contribution in [-0.2, 0) is 6.42 Å². The number of fused-ring (bicyclic) bond motifs is 5. The Morgan fingerprint density at radius 1 is 0.808 bits per heavy atom. The molecule has 26 heavy (non-hydrogen) atoms. The molecule has 0 aliphatic carbocycles. The molecule has 0 radical (unpaired) electrons. The first-order chi connectivity index (χ1) is 12.8. The second-order valence-corrected chi connectivity index (χ2v) is 6.72. The zero-order valence-corrected chi connectivity index (χ0v) is 14.2. The Hall–Kier alpha value is -3.33. The highest BCUT2D eigenvalue weighted by Crippen LogP contribution is 2.39. The summed E-state index contributed by atoms with van der Waals surface area (Å²) in [6.07, 6.45) is 0.770. The number of hydrogen-bond donors (Lipinski definition) is 2. The Morgan fingerprint density at radius 3 is 2.42 bits per heavy atom. The molecule has 1 amide bonds. The molecule has 2 N–H and O–H groups in total. The van der Waals surface area contributed by atoms with Crippen LogP contribution < -0.4 is 5.32 Å². The largest absolute Gasteiger partial charge is 0.350 e. The molecule has 0 saturated heterocycles. The summed E-state index contributed by atoms with van der Waals surface area (Å²) in [5, 5.41) is 4.32. The fraction of sp³-hybridized carbons (Fsp3) is 0.0870. The number of aromatic amines is 1. The van der Waals surface area contributed by atoms with Crippen molar-refractivity contribution in [3.05, 3.63) is 95.7 Å². The first-order valence-corrected chi connectivity index (χ1v) is 8.86. The number of aromatic nitrogens is 1. The van der Waals surface area contributed by atoms with Gasteiger partial charge in [0, 0.05) is 16.5 Å². The molecule has 5 rings (SSSR count). The molecule has 1 aliphatic heterocycles. The molecule has 0 fully saturated rings. The number of H-pyrrole nitrogens is 1. The minimum atomic E-state index is -0.0549. The molecule has 0 saturated carbocycles. The minimum absolute atomic E-state index is 0.0478. The van der Waals surface area contributed by atoms with Gasteiger partial charge in [-0.3, -0.25) is 4.79 Å². The number of carbonyl (C=O) groups is 1. The molecule has 1 aromatic heterocycles. The van der Waals surface area contributed by atoms with E-state index in [1.54, 1.807) is 0 Å². The summed E-state index contributed by atoms with van der Waals surface area (Å²) in [5.41, 5.74) is 6.14. The van der Waals surface area contributed by atoms with Gasteiger partial charge < -0.3 is 10.3 Å². The molecular formula is C23H18N2O. The molecule has 3 heteroatoms. The number of benzene rings is 3. The van der Waals surface area contributed by atoms with E-state index in [1.807, 2.05) is 48.5 Å². The Morgan fingerprint density at radius 2 is 1.54 bits per heavy atom. The van der Waals surface area contributed by atoms with Crippen molar-refractivity contribution >= 4 is 16.8 Å². The van der Waals surface area contributed by atoms with Gasteiger partial charge in [0.15, 0.2) is 0 Å². The third-order valence-electron chi connectivity index (χ3n) is 5.13. The van der Waals surface area contributed by atoms with E-state index in [2.05, 4.69) is 40.6 Å². The van der Waals surface area contributed by atoms with Crippen molar-refractivity contribution in [2.45, 2.75) is 12.5 Å². The molecule has 1 aliphatic rings. The second-order valence-electron chi connectivity index (χ2n) is 6.72. The maximum Gasteiger partial charge on any atom is 0.268 e. The maximum atomic E-state index is 13.0. The molecule has 126 valence electrons. The normalized spacial score (nSPS) is 15.8. The van der Waals surface area contributed by atoms with Gasteiger partial charge in [-0.15, -0.1) is 0 Å². The van der Waals surface area contributed by atoms with E-state index in [0.29, 0.717) is 5.69 Å². The fourth-order valence-electron chi connectivity index (χ4n) is 3.94. The number of para-hydroxylation sites is 1. The van der Waals surface area contributed by atoms with Crippen molar-refractivity contribution in [2.24, 2.45) is 0 Å². The van der Waals surface area contributed by atoms with E-state index in [-0.39, 0.29) is 11.9 Å². The van der Waals surface area contributed by atoms with E-state index in [9.17, 15) is 4.79 Å². The molecule has 1 atom stereocenters. The third-order valence-corrected chi connectivity index (χ3v) is 5.13. The van der Waals surface area contributed by atoms with Crippen molar-refractivity contribution in [3.8, 4) is 11.1 Å². The van der Waals surface area contributed by atoms with Crippen molar-refractivity contribution < 1.29 is 4.79 Å². The van der Waals surface area contributed by atoms with Gasteiger partial charge in [0.1, 0.15) is 5.69 Å². The predicted molar refractivity (Wildman–Crippen MR) is 104 cm³/mol. The number of hydrogen-bond acceptors (Lipinski definition) is 1. The predicted octanol–water partition coefficient (Wildman–Crippen LogP) is 4.86. The molecule has 3 aromatic carbocycles. The Balaban J connectivity index is 1.71. The molecule has 0 unspecified atom stereocenters. The van der Waals surface area contributed by atoms with Crippen molar-refractivity contribution in [3.63, 3.8) is 0 Å². The van der Waals surface area contributed by atoms with Crippen LogP contribution in [0.2, 0.25) is 0 Å². The lowest BCUT2D eigenvalue weighted by Crippen LogP contribution is -2.29. The topological polar surface area (TPSA) is 44.9 Å². The second kappa shape index (κ2) is 5.88. The van der Waals surface area contributed by atoms with Crippen LogP contribution in [0.4, 0.5) is 0 Å². The highest BCUT2D eigenvalue weighted by atomic mass is 16.2. The van der Waals surface area contributed by atoms with Gasteiger partial charge in [0.05, 0.1) is 6.04 Å². The van der Waals surface area contributed by atoms with Gasteiger partial charge in [0.25, 0.3) is 5.91 Å². The highest BCUT2D eigenvalue weighted by molar-refractivity contribution is 6.11.